The lowest BCUT2D eigenvalue weighted by atomic mass is 10.1. The van der Waals surface area contributed by atoms with Gasteiger partial charge in [0.25, 0.3) is 11.6 Å². The molecule has 3 N–H and O–H groups in total. The van der Waals surface area contributed by atoms with Crippen molar-refractivity contribution in [1.29, 1.82) is 0 Å². The highest BCUT2D eigenvalue weighted by atomic mass is 16.6. The molecule has 2 rings (SSSR count). The van der Waals surface area contributed by atoms with Gasteiger partial charge in [-0.1, -0.05) is 24.3 Å². The highest BCUT2D eigenvalue weighted by molar-refractivity contribution is 5.93. The summed E-state index contributed by atoms with van der Waals surface area (Å²) in [7, 11) is 0. The van der Waals surface area contributed by atoms with Gasteiger partial charge in [0.15, 0.2) is 0 Å². The average molecular weight is 275 g/mol. The second-order valence-corrected chi connectivity index (χ2v) is 4.19. The summed E-state index contributed by atoms with van der Waals surface area (Å²) in [6.07, 6.45) is 1.17. The summed E-state index contributed by atoms with van der Waals surface area (Å²) in [6, 6.07) is 8.33. The number of benzene rings is 1. The first kappa shape index (κ1) is 13.8. The molecule has 0 saturated heterocycles. The lowest BCUT2D eigenvalue weighted by Gasteiger charge is -2.05. The Balaban J connectivity index is 1.98. The van der Waals surface area contributed by atoms with Crippen molar-refractivity contribution < 1.29 is 14.8 Å². The number of aliphatic hydroxyl groups excluding tert-OH is 1. The second kappa shape index (κ2) is 5.98. The number of carbonyl (C=O) groups excluding carboxylic acids is 1. The van der Waals surface area contributed by atoms with Crippen LogP contribution in [0.3, 0.4) is 0 Å². The molecule has 0 aliphatic carbocycles. The topological polar surface area (TPSA) is 108 Å². The molecule has 0 saturated carbocycles. The van der Waals surface area contributed by atoms with Gasteiger partial charge in [-0.25, -0.2) is 0 Å². The van der Waals surface area contributed by atoms with Gasteiger partial charge in [0.05, 0.1) is 17.7 Å². The van der Waals surface area contributed by atoms with Gasteiger partial charge in [-0.3, -0.25) is 14.9 Å². The minimum absolute atomic E-state index is 0.0649. The fourth-order valence-electron chi connectivity index (χ4n) is 1.73. The third-order valence-corrected chi connectivity index (χ3v) is 2.75. The summed E-state index contributed by atoms with van der Waals surface area (Å²) in [5, 5.41) is 22.2. The summed E-state index contributed by atoms with van der Waals surface area (Å²) in [5.74, 6) is -0.424. The largest absolute Gasteiger partial charge is 0.392 e. The minimum Gasteiger partial charge on any atom is -0.392 e. The molecule has 0 radical (unpaired) electrons. The second-order valence-electron chi connectivity index (χ2n) is 4.19. The van der Waals surface area contributed by atoms with Crippen molar-refractivity contribution in [3.8, 4) is 0 Å². The summed E-state index contributed by atoms with van der Waals surface area (Å²) < 4.78 is 0. The van der Waals surface area contributed by atoms with Crippen LogP contribution >= 0.6 is 0 Å². The number of nitrogens with one attached hydrogen (secondary N) is 2. The van der Waals surface area contributed by atoms with Gasteiger partial charge in [-0.2, -0.15) is 0 Å². The van der Waals surface area contributed by atoms with Crippen LogP contribution in [0.2, 0.25) is 0 Å². The van der Waals surface area contributed by atoms with Gasteiger partial charge in [-0.15, -0.1) is 0 Å². The number of aromatic amines is 1. The molecular formula is C13H13N3O4. The molecule has 0 bridgehead atoms. The molecule has 7 heteroatoms. The Bertz CT molecular complexity index is 636. The molecule has 2 aromatic rings. The number of amides is 1. The number of nitro groups is 1. The smallest absolute Gasteiger partial charge is 0.287 e. The molecule has 0 fully saturated rings. The first-order valence-electron chi connectivity index (χ1n) is 5.90. The third-order valence-electron chi connectivity index (χ3n) is 2.75. The van der Waals surface area contributed by atoms with Gasteiger partial charge in [-0.05, 0) is 11.1 Å². The fourth-order valence-corrected chi connectivity index (χ4v) is 1.73. The van der Waals surface area contributed by atoms with Crippen LogP contribution in [0.15, 0.2) is 36.5 Å². The Kier molecular flexibility index (Phi) is 4.11. The number of aromatic nitrogens is 1. The van der Waals surface area contributed by atoms with Crippen molar-refractivity contribution in [3.63, 3.8) is 0 Å². The van der Waals surface area contributed by atoms with E-state index in [1.807, 2.05) is 6.07 Å². The standard InChI is InChI=1S/C13H13N3O4/c17-8-10-3-1-2-9(4-10)6-15-13(18)12-5-11(7-14-12)16(19)20/h1-5,7,14,17H,6,8H2,(H,15,18). The molecule has 0 spiro atoms. The molecule has 1 heterocycles. The molecule has 1 aromatic heterocycles. The first-order valence-corrected chi connectivity index (χ1v) is 5.90. The zero-order valence-corrected chi connectivity index (χ0v) is 10.5. The molecule has 20 heavy (non-hydrogen) atoms. The van der Waals surface area contributed by atoms with Crippen molar-refractivity contribution in [2.45, 2.75) is 13.2 Å². The first-order chi connectivity index (χ1) is 9.60. The van der Waals surface area contributed by atoms with E-state index < -0.39 is 10.8 Å². The average Bonchev–Trinajstić information content (AvgIpc) is 2.95. The summed E-state index contributed by atoms with van der Waals surface area (Å²) in [5.41, 5.74) is 1.57. The maximum absolute atomic E-state index is 11.8. The van der Waals surface area contributed by atoms with E-state index in [9.17, 15) is 14.9 Å². The number of nitrogens with zero attached hydrogens (tertiary/aromatic N) is 1. The molecule has 0 aliphatic rings. The predicted octanol–water partition coefficient (Wildman–Crippen LogP) is 1.35. The van der Waals surface area contributed by atoms with Gasteiger partial charge in [0.1, 0.15) is 5.69 Å². The molecular weight excluding hydrogens is 262 g/mol. The Morgan fingerprint density at radius 1 is 1.35 bits per heavy atom. The Labute approximate surface area is 114 Å². The van der Waals surface area contributed by atoms with E-state index in [4.69, 9.17) is 5.11 Å². The van der Waals surface area contributed by atoms with Crippen LogP contribution in [0, 0.1) is 10.1 Å². The van der Waals surface area contributed by atoms with Crippen LogP contribution in [0.1, 0.15) is 21.6 Å². The van der Waals surface area contributed by atoms with E-state index in [0.717, 1.165) is 11.1 Å². The van der Waals surface area contributed by atoms with Crippen molar-refractivity contribution in [3.05, 3.63) is 63.5 Å². The van der Waals surface area contributed by atoms with Crippen LogP contribution in [0.25, 0.3) is 0 Å². The Hall–Kier alpha value is -2.67. The number of rotatable bonds is 5. The number of carbonyl (C=O) groups is 1. The van der Waals surface area contributed by atoms with E-state index in [1.54, 1.807) is 18.2 Å². The van der Waals surface area contributed by atoms with Crippen LogP contribution in [-0.2, 0) is 13.2 Å². The zero-order chi connectivity index (χ0) is 14.5. The number of H-pyrrole nitrogens is 1. The van der Waals surface area contributed by atoms with Crippen molar-refractivity contribution in [2.75, 3.05) is 0 Å². The molecule has 104 valence electrons. The zero-order valence-electron chi connectivity index (χ0n) is 10.5. The third kappa shape index (κ3) is 3.21. The minimum atomic E-state index is -0.571. The lowest BCUT2D eigenvalue weighted by Crippen LogP contribution is -2.23. The van der Waals surface area contributed by atoms with Crippen LogP contribution in [0.5, 0.6) is 0 Å². The van der Waals surface area contributed by atoms with E-state index in [1.165, 1.54) is 12.3 Å². The van der Waals surface area contributed by atoms with Crippen LogP contribution < -0.4 is 5.32 Å². The summed E-state index contributed by atoms with van der Waals surface area (Å²) in [4.78, 5) is 24.3. The molecule has 0 aliphatic heterocycles. The Morgan fingerprint density at radius 3 is 2.75 bits per heavy atom. The molecule has 1 amide bonds. The maximum atomic E-state index is 11.8. The predicted molar refractivity (Wildman–Crippen MR) is 71.0 cm³/mol. The number of aliphatic hydroxyl groups is 1. The quantitative estimate of drug-likeness (QED) is 0.565. The lowest BCUT2D eigenvalue weighted by molar-refractivity contribution is -0.384. The van der Waals surface area contributed by atoms with Crippen molar-refractivity contribution in [2.24, 2.45) is 0 Å². The van der Waals surface area contributed by atoms with Crippen molar-refractivity contribution >= 4 is 11.6 Å². The number of hydrogen-bond acceptors (Lipinski definition) is 4. The van der Waals surface area contributed by atoms with Gasteiger partial charge >= 0.3 is 0 Å². The maximum Gasteiger partial charge on any atom is 0.287 e. The van der Waals surface area contributed by atoms with E-state index in [0.29, 0.717) is 0 Å². The normalized spacial score (nSPS) is 10.2. The van der Waals surface area contributed by atoms with Gasteiger partial charge in [0, 0.05) is 12.6 Å². The Morgan fingerprint density at radius 2 is 2.10 bits per heavy atom. The molecule has 0 unspecified atom stereocenters. The molecule has 7 nitrogen and oxygen atoms in total. The van der Waals surface area contributed by atoms with Crippen molar-refractivity contribution in [1.82, 2.24) is 10.3 Å². The van der Waals surface area contributed by atoms with Crippen LogP contribution in [0.4, 0.5) is 5.69 Å². The monoisotopic (exact) mass is 275 g/mol. The SMILES string of the molecule is O=C(NCc1cccc(CO)c1)c1cc([N+](=O)[O-])c[nH]1. The molecule has 0 atom stereocenters. The van der Waals surface area contributed by atoms with Crippen LogP contribution in [-0.4, -0.2) is 20.9 Å². The van der Waals surface area contributed by atoms with Gasteiger partial charge in [0.2, 0.25) is 0 Å². The fraction of sp³-hybridized carbons (Fsp3) is 0.154. The summed E-state index contributed by atoms with van der Waals surface area (Å²) in [6.45, 7) is 0.212. The highest BCUT2D eigenvalue weighted by Crippen LogP contribution is 2.12. The molecule has 1 aromatic carbocycles. The van der Waals surface area contributed by atoms with E-state index >= 15 is 0 Å². The highest BCUT2D eigenvalue weighted by Gasteiger charge is 2.13. The van der Waals surface area contributed by atoms with E-state index in [2.05, 4.69) is 10.3 Å². The van der Waals surface area contributed by atoms with E-state index in [-0.39, 0.29) is 24.5 Å². The summed E-state index contributed by atoms with van der Waals surface area (Å²) >= 11 is 0. The van der Waals surface area contributed by atoms with Gasteiger partial charge < -0.3 is 15.4 Å². The number of hydrogen-bond donors (Lipinski definition) is 3.